The summed E-state index contributed by atoms with van der Waals surface area (Å²) < 4.78 is 99.8. The van der Waals surface area contributed by atoms with Gasteiger partial charge in [0.15, 0.2) is 11.6 Å². The summed E-state index contributed by atoms with van der Waals surface area (Å²) in [6.07, 6.45) is -7.75. The molecule has 0 N–H and O–H groups in total. The van der Waals surface area contributed by atoms with Crippen molar-refractivity contribution in [2.24, 2.45) is 0 Å². The highest BCUT2D eigenvalue weighted by Gasteiger charge is 2.31. The maximum absolute atomic E-state index is 12.8. The zero-order chi connectivity index (χ0) is 30.4. The van der Waals surface area contributed by atoms with Gasteiger partial charge in [-0.15, -0.1) is 0 Å². The summed E-state index contributed by atoms with van der Waals surface area (Å²) in [5, 5.41) is 0. The van der Waals surface area contributed by atoms with Crippen LogP contribution < -0.4 is 0 Å². The van der Waals surface area contributed by atoms with Crippen molar-refractivity contribution in [1.29, 1.82) is 0 Å². The van der Waals surface area contributed by atoms with Crippen LogP contribution in [0.2, 0.25) is 0 Å². The number of Topliss-reactive ketones (excluding diaryl/α,β-unsaturated/α-hetero) is 2. The molecule has 0 saturated carbocycles. The van der Waals surface area contributed by atoms with Crippen LogP contribution in [0, 0.1) is 11.6 Å². The number of allylic oxidation sites excluding steroid dienone is 1. The maximum Gasteiger partial charge on any atom is 0.417 e. The molecule has 0 aliphatic carbocycles. The van der Waals surface area contributed by atoms with Crippen molar-refractivity contribution in [3.8, 4) is 0 Å². The summed E-state index contributed by atoms with van der Waals surface area (Å²) in [4.78, 5) is 31.1. The van der Waals surface area contributed by atoms with E-state index < -0.39 is 40.9 Å². The number of hydrogen-bond acceptors (Lipinski definition) is 4. The third-order valence-corrected chi connectivity index (χ3v) is 5.44. The fourth-order valence-electron chi connectivity index (χ4n) is 3.23. The molecule has 0 radical (unpaired) electrons. The molecule has 2 heterocycles. The van der Waals surface area contributed by atoms with E-state index in [1.807, 2.05) is 0 Å². The number of hydrogen-bond donors (Lipinski definition) is 0. The summed E-state index contributed by atoms with van der Waals surface area (Å²) in [5.74, 6) is -1.82. The molecule has 212 valence electrons. The highest BCUT2D eigenvalue weighted by molar-refractivity contribution is 6.27. The SMILES string of the molecule is C=C(C(=O)c1ccc(F)cc1)c1ccc(C(F)(F)F)cn1.O=C(Cc1ccc(C(F)(F)F)cn1)c1ccc(F)cc1. The molecule has 4 nitrogen and oxygen atoms in total. The molecule has 4 aromatic rings. The van der Waals surface area contributed by atoms with E-state index in [9.17, 15) is 44.7 Å². The van der Waals surface area contributed by atoms with Gasteiger partial charge >= 0.3 is 12.4 Å². The third kappa shape index (κ3) is 8.62. The smallest absolute Gasteiger partial charge is 0.294 e. The number of ketones is 2. The number of nitrogens with zero attached hydrogens (tertiary/aromatic N) is 2. The number of rotatable bonds is 6. The van der Waals surface area contributed by atoms with Gasteiger partial charge in [0.2, 0.25) is 0 Å². The highest BCUT2D eigenvalue weighted by Crippen LogP contribution is 2.30. The second-order valence-electron chi connectivity index (χ2n) is 8.39. The van der Waals surface area contributed by atoms with Crippen molar-refractivity contribution >= 4 is 17.1 Å². The summed E-state index contributed by atoms with van der Waals surface area (Å²) >= 11 is 0. The average molecular weight is 578 g/mol. The van der Waals surface area contributed by atoms with Crippen molar-refractivity contribution in [2.45, 2.75) is 18.8 Å². The summed E-state index contributed by atoms with van der Waals surface area (Å²) in [5.41, 5.74) is -1.10. The Bertz CT molecular complexity index is 1510. The molecule has 0 unspecified atom stereocenters. The molecule has 2 aromatic heterocycles. The van der Waals surface area contributed by atoms with Crippen molar-refractivity contribution in [1.82, 2.24) is 9.97 Å². The Balaban J connectivity index is 0.000000226. The summed E-state index contributed by atoms with van der Waals surface area (Å²) in [6, 6.07) is 13.6. The standard InChI is InChI=1S/C15H9F4NO.C14H9F4NO/c1-9(14(21)10-2-5-12(16)6-3-10)13-7-4-11(8-20-13)15(17,18)19;15-11-4-1-9(2-5-11)13(20)7-12-6-3-10(8-19-12)14(16,17)18/h2-8H,1H2;1-6,8H,7H2. The van der Waals surface area contributed by atoms with Crippen molar-refractivity contribution in [3.05, 3.63) is 137 Å². The molecule has 2 aromatic carbocycles. The number of carbonyl (C=O) groups excluding carboxylic acids is 2. The minimum absolute atomic E-state index is 0.0392. The van der Waals surface area contributed by atoms with E-state index in [1.165, 1.54) is 24.3 Å². The Morgan fingerprint density at radius 3 is 1.51 bits per heavy atom. The molecule has 0 fully saturated rings. The Morgan fingerprint density at radius 2 is 1.10 bits per heavy atom. The molecule has 0 amide bonds. The minimum Gasteiger partial charge on any atom is -0.294 e. The van der Waals surface area contributed by atoms with E-state index in [-0.39, 0.29) is 40.3 Å². The number of pyridine rings is 2. The lowest BCUT2D eigenvalue weighted by Gasteiger charge is -2.08. The fourth-order valence-corrected chi connectivity index (χ4v) is 3.23. The molecule has 4 rings (SSSR count). The monoisotopic (exact) mass is 578 g/mol. The first-order valence-corrected chi connectivity index (χ1v) is 11.5. The largest absolute Gasteiger partial charge is 0.417 e. The predicted octanol–water partition coefficient (Wildman–Crippen LogP) is 7.80. The lowest BCUT2D eigenvalue weighted by Crippen LogP contribution is -2.08. The van der Waals surface area contributed by atoms with Gasteiger partial charge in [-0.3, -0.25) is 19.6 Å². The number of carbonyl (C=O) groups is 2. The number of alkyl halides is 6. The molecular formula is C29H18F8N2O2. The molecule has 0 atom stereocenters. The van der Waals surface area contributed by atoms with Gasteiger partial charge in [0, 0.05) is 34.8 Å². The van der Waals surface area contributed by atoms with Gasteiger partial charge in [-0.2, -0.15) is 26.3 Å². The van der Waals surface area contributed by atoms with Crippen LogP contribution in [-0.4, -0.2) is 21.5 Å². The molecule has 12 heteroatoms. The van der Waals surface area contributed by atoms with Crippen molar-refractivity contribution < 1.29 is 44.7 Å². The van der Waals surface area contributed by atoms with Crippen LogP contribution in [0.3, 0.4) is 0 Å². The lowest BCUT2D eigenvalue weighted by molar-refractivity contribution is -0.138. The first-order valence-electron chi connectivity index (χ1n) is 11.5. The topological polar surface area (TPSA) is 59.9 Å². The van der Waals surface area contributed by atoms with Gasteiger partial charge in [0.25, 0.3) is 0 Å². The second kappa shape index (κ2) is 12.6. The molecule has 0 aliphatic rings. The van der Waals surface area contributed by atoms with Crippen LogP contribution in [0.15, 0.2) is 91.8 Å². The van der Waals surface area contributed by atoms with Gasteiger partial charge in [-0.25, -0.2) is 8.78 Å². The summed E-state index contributed by atoms with van der Waals surface area (Å²) in [6.45, 7) is 3.53. The third-order valence-electron chi connectivity index (χ3n) is 5.44. The number of benzene rings is 2. The van der Waals surface area contributed by atoms with Crippen LogP contribution in [0.4, 0.5) is 35.1 Å². The first kappa shape index (κ1) is 30.8. The minimum atomic E-state index is -4.49. The summed E-state index contributed by atoms with van der Waals surface area (Å²) in [7, 11) is 0. The van der Waals surface area contributed by atoms with E-state index in [0.29, 0.717) is 12.4 Å². The molecule has 0 bridgehead atoms. The van der Waals surface area contributed by atoms with Crippen LogP contribution >= 0.6 is 0 Å². The average Bonchev–Trinajstić information content (AvgIpc) is 2.93. The maximum atomic E-state index is 12.8. The zero-order valence-electron chi connectivity index (χ0n) is 20.7. The van der Waals surface area contributed by atoms with Crippen LogP contribution in [-0.2, 0) is 18.8 Å². The van der Waals surface area contributed by atoms with Gasteiger partial charge in [-0.1, -0.05) is 6.58 Å². The molecule has 0 saturated heterocycles. The van der Waals surface area contributed by atoms with E-state index in [4.69, 9.17) is 0 Å². The van der Waals surface area contributed by atoms with Crippen LogP contribution in [0.5, 0.6) is 0 Å². The quantitative estimate of drug-likeness (QED) is 0.133. The number of halogens is 8. The Labute approximate surface area is 228 Å². The fraction of sp³-hybridized carbons (Fsp3) is 0.103. The van der Waals surface area contributed by atoms with E-state index in [0.717, 1.165) is 48.5 Å². The first-order chi connectivity index (χ1) is 19.1. The highest BCUT2D eigenvalue weighted by atomic mass is 19.4. The normalized spacial score (nSPS) is 11.3. The Kier molecular flexibility index (Phi) is 9.48. The van der Waals surface area contributed by atoms with Gasteiger partial charge in [-0.05, 0) is 72.8 Å². The van der Waals surface area contributed by atoms with E-state index in [1.54, 1.807) is 0 Å². The van der Waals surface area contributed by atoms with Crippen LogP contribution in [0.25, 0.3) is 5.57 Å². The second-order valence-corrected chi connectivity index (χ2v) is 8.39. The van der Waals surface area contributed by atoms with E-state index in [2.05, 4.69) is 16.5 Å². The van der Waals surface area contributed by atoms with Crippen molar-refractivity contribution in [3.63, 3.8) is 0 Å². The Hall–Kier alpha value is -4.74. The number of aromatic nitrogens is 2. The van der Waals surface area contributed by atoms with Gasteiger partial charge < -0.3 is 0 Å². The van der Waals surface area contributed by atoms with Crippen molar-refractivity contribution in [2.75, 3.05) is 0 Å². The van der Waals surface area contributed by atoms with E-state index >= 15 is 0 Å². The predicted molar refractivity (Wildman–Crippen MR) is 133 cm³/mol. The van der Waals surface area contributed by atoms with Gasteiger partial charge in [0.1, 0.15) is 11.6 Å². The zero-order valence-corrected chi connectivity index (χ0v) is 20.7. The Morgan fingerprint density at radius 1 is 0.634 bits per heavy atom. The lowest BCUT2D eigenvalue weighted by atomic mass is 10.0. The van der Waals surface area contributed by atoms with Gasteiger partial charge in [0.05, 0.1) is 23.2 Å². The molecule has 41 heavy (non-hydrogen) atoms. The molecular weight excluding hydrogens is 560 g/mol. The molecule has 0 spiro atoms. The van der Waals surface area contributed by atoms with Crippen LogP contribution in [0.1, 0.15) is 43.2 Å². The molecule has 0 aliphatic heterocycles.